The molecular weight excluding hydrogens is 238 g/mol. The van der Waals surface area contributed by atoms with Gasteiger partial charge in [-0.1, -0.05) is 24.3 Å². The zero-order valence-electron chi connectivity index (χ0n) is 9.95. The van der Waals surface area contributed by atoms with Crippen molar-refractivity contribution in [1.82, 2.24) is 9.97 Å². The number of hydrogen-bond donors (Lipinski definition) is 0. The van der Waals surface area contributed by atoms with E-state index < -0.39 is 0 Å². The first-order valence-corrected chi connectivity index (χ1v) is 5.75. The molecule has 90 valence electrons. The summed E-state index contributed by atoms with van der Waals surface area (Å²) in [4.78, 5) is 8.61. The molecule has 0 aliphatic carbocycles. The standard InChI is InChI=1S/C15H9N3O/c16-9-11-5-1-4-8-14(11)19-15-10-17-12-6-2-3-7-13(12)18-15/h1-8,10H. The Bertz CT molecular complexity index is 777. The maximum atomic E-state index is 9.00. The SMILES string of the molecule is N#Cc1ccccc1Oc1cnc2ccccc2n1. The summed E-state index contributed by atoms with van der Waals surface area (Å²) in [5.74, 6) is 0.857. The Balaban J connectivity index is 1.99. The molecule has 1 heterocycles. The molecule has 3 aromatic rings. The lowest BCUT2D eigenvalue weighted by atomic mass is 10.2. The van der Waals surface area contributed by atoms with Crippen molar-refractivity contribution in [3.05, 3.63) is 60.3 Å². The third-order valence-electron chi connectivity index (χ3n) is 2.65. The van der Waals surface area contributed by atoms with Crippen LogP contribution in [-0.4, -0.2) is 9.97 Å². The van der Waals surface area contributed by atoms with E-state index in [1.165, 1.54) is 0 Å². The van der Waals surface area contributed by atoms with Crippen LogP contribution in [0.2, 0.25) is 0 Å². The molecule has 0 spiro atoms. The van der Waals surface area contributed by atoms with Crippen molar-refractivity contribution in [3.8, 4) is 17.7 Å². The predicted octanol–water partition coefficient (Wildman–Crippen LogP) is 3.29. The maximum absolute atomic E-state index is 9.00. The van der Waals surface area contributed by atoms with Crippen molar-refractivity contribution in [2.45, 2.75) is 0 Å². The number of fused-ring (bicyclic) bond motifs is 1. The minimum Gasteiger partial charge on any atom is -0.436 e. The van der Waals surface area contributed by atoms with E-state index in [9.17, 15) is 0 Å². The van der Waals surface area contributed by atoms with E-state index in [0.717, 1.165) is 11.0 Å². The van der Waals surface area contributed by atoms with Crippen LogP contribution in [0.3, 0.4) is 0 Å². The van der Waals surface area contributed by atoms with Crippen molar-refractivity contribution >= 4 is 11.0 Å². The molecule has 0 saturated heterocycles. The van der Waals surface area contributed by atoms with Crippen LogP contribution in [0.15, 0.2) is 54.7 Å². The van der Waals surface area contributed by atoms with Gasteiger partial charge in [-0.25, -0.2) is 9.97 Å². The summed E-state index contributed by atoms with van der Waals surface area (Å²) >= 11 is 0. The summed E-state index contributed by atoms with van der Waals surface area (Å²) in [6.07, 6.45) is 1.55. The summed E-state index contributed by atoms with van der Waals surface area (Å²) < 4.78 is 5.61. The van der Waals surface area contributed by atoms with Crippen molar-refractivity contribution in [1.29, 1.82) is 5.26 Å². The first-order valence-electron chi connectivity index (χ1n) is 5.75. The molecule has 4 nitrogen and oxygen atoms in total. The van der Waals surface area contributed by atoms with Gasteiger partial charge in [-0.15, -0.1) is 0 Å². The highest BCUT2D eigenvalue weighted by Crippen LogP contribution is 2.23. The van der Waals surface area contributed by atoms with Crippen LogP contribution in [0.1, 0.15) is 5.56 Å². The van der Waals surface area contributed by atoms with Crippen LogP contribution < -0.4 is 4.74 Å². The van der Waals surface area contributed by atoms with E-state index in [0.29, 0.717) is 17.2 Å². The van der Waals surface area contributed by atoms with Crippen molar-refractivity contribution in [2.24, 2.45) is 0 Å². The number of hydrogen-bond acceptors (Lipinski definition) is 4. The fourth-order valence-corrected chi connectivity index (χ4v) is 1.75. The van der Waals surface area contributed by atoms with Gasteiger partial charge < -0.3 is 4.74 Å². The summed E-state index contributed by atoms with van der Waals surface area (Å²) in [6.45, 7) is 0. The smallest absolute Gasteiger partial charge is 0.238 e. The topological polar surface area (TPSA) is 58.8 Å². The Kier molecular flexibility index (Phi) is 2.79. The quantitative estimate of drug-likeness (QED) is 0.697. The Morgan fingerprint density at radius 3 is 2.53 bits per heavy atom. The number of ether oxygens (including phenoxy) is 1. The lowest BCUT2D eigenvalue weighted by Crippen LogP contribution is -1.92. The van der Waals surface area contributed by atoms with Gasteiger partial charge in [0.05, 0.1) is 22.8 Å². The fraction of sp³-hybridized carbons (Fsp3) is 0. The molecule has 0 aliphatic rings. The van der Waals surface area contributed by atoms with Crippen LogP contribution in [0.25, 0.3) is 11.0 Å². The highest BCUT2D eigenvalue weighted by Gasteiger charge is 2.05. The molecule has 0 N–H and O–H groups in total. The Morgan fingerprint density at radius 2 is 1.68 bits per heavy atom. The molecule has 0 unspecified atom stereocenters. The molecule has 4 heteroatoms. The second kappa shape index (κ2) is 4.75. The molecule has 0 bridgehead atoms. The van der Waals surface area contributed by atoms with E-state index in [1.54, 1.807) is 24.4 Å². The third kappa shape index (κ3) is 2.22. The molecule has 0 atom stereocenters. The number of rotatable bonds is 2. The van der Waals surface area contributed by atoms with E-state index in [1.807, 2.05) is 30.3 Å². The first kappa shape index (κ1) is 11.2. The molecule has 2 aromatic carbocycles. The summed E-state index contributed by atoms with van der Waals surface area (Å²) in [7, 11) is 0. The number of para-hydroxylation sites is 3. The second-order valence-corrected chi connectivity index (χ2v) is 3.91. The van der Waals surface area contributed by atoms with Gasteiger partial charge >= 0.3 is 0 Å². The highest BCUT2D eigenvalue weighted by molar-refractivity contribution is 5.74. The second-order valence-electron chi connectivity index (χ2n) is 3.91. The largest absolute Gasteiger partial charge is 0.436 e. The van der Waals surface area contributed by atoms with E-state index in [2.05, 4.69) is 16.0 Å². The van der Waals surface area contributed by atoms with Crippen LogP contribution in [0.4, 0.5) is 0 Å². The Labute approximate surface area is 109 Å². The lowest BCUT2D eigenvalue weighted by molar-refractivity contribution is 0.461. The minimum absolute atomic E-state index is 0.376. The van der Waals surface area contributed by atoms with Gasteiger partial charge in [0.25, 0.3) is 0 Å². The van der Waals surface area contributed by atoms with Gasteiger partial charge in [-0.05, 0) is 24.3 Å². The zero-order valence-corrected chi connectivity index (χ0v) is 9.95. The highest BCUT2D eigenvalue weighted by atomic mass is 16.5. The van der Waals surface area contributed by atoms with Gasteiger partial charge in [-0.2, -0.15) is 5.26 Å². The number of nitrogens with zero attached hydrogens (tertiary/aromatic N) is 3. The number of benzene rings is 2. The number of nitriles is 1. The molecule has 3 rings (SSSR count). The molecule has 0 fully saturated rings. The van der Waals surface area contributed by atoms with E-state index >= 15 is 0 Å². The molecule has 0 saturated carbocycles. The average Bonchev–Trinajstić information content (AvgIpc) is 2.48. The molecule has 0 aliphatic heterocycles. The van der Waals surface area contributed by atoms with Gasteiger partial charge in [0, 0.05) is 0 Å². The normalized spacial score (nSPS) is 10.1. The van der Waals surface area contributed by atoms with E-state index in [4.69, 9.17) is 10.00 Å². The Hall–Kier alpha value is -2.93. The van der Waals surface area contributed by atoms with Gasteiger partial charge in [0.15, 0.2) is 0 Å². The fourth-order valence-electron chi connectivity index (χ4n) is 1.75. The van der Waals surface area contributed by atoms with Crippen LogP contribution >= 0.6 is 0 Å². The van der Waals surface area contributed by atoms with Crippen LogP contribution in [0.5, 0.6) is 11.6 Å². The van der Waals surface area contributed by atoms with Crippen LogP contribution in [0, 0.1) is 11.3 Å². The van der Waals surface area contributed by atoms with Gasteiger partial charge in [0.2, 0.25) is 5.88 Å². The van der Waals surface area contributed by atoms with Crippen molar-refractivity contribution < 1.29 is 4.74 Å². The Morgan fingerprint density at radius 1 is 0.947 bits per heavy atom. The maximum Gasteiger partial charge on any atom is 0.238 e. The van der Waals surface area contributed by atoms with Crippen molar-refractivity contribution in [2.75, 3.05) is 0 Å². The predicted molar refractivity (Wildman–Crippen MR) is 70.8 cm³/mol. The molecular formula is C15H9N3O. The summed E-state index contributed by atoms with van der Waals surface area (Å²) in [6, 6.07) is 16.7. The van der Waals surface area contributed by atoms with Crippen molar-refractivity contribution in [3.63, 3.8) is 0 Å². The number of aromatic nitrogens is 2. The zero-order chi connectivity index (χ0) is 13.1. The molecule has 0 radical (unpaired) electrons. The first-order chi connectivity index (χ1) is 9.36. The lowest BCUT2D eigenvalue weighted by Gasteiger charge is -2.06. The monoisotopic (exact) mass is 247 g/mol. The van der Waals surface area contributed by atoms with Gasteiger partial charge in [-0.3, -0.25) is 0 Å². The van der Waals surface area contributed by atoms with E-state index in [-0.39, 0.29) is 0 Å². The average molecular weight is 247 g/mol. The van der Waals surface area contributed by atoms with Crippen LogP contribution in [-0.2, 0) is 0 Å². The molecule has 0 amide bonds. The summed E-state index contributed by atoms with van der Waals surface area (Å²) in [5.41, 5.74) is 2.04. The molecule has 19 heavy (non-hydrogen) atoms. The van der Waals surface area contributed by atoms with Gasteiger partial charge in [0.1, 0.15) is 11.8 Å². The summed E-state index contributed by atoms with van der Waals surface area (Å²) in [5, 5.41) is 9.00. The minimum atomic E-state index is 0.376. The third-order valence-corrected chi connectivity index (χ3v) is 2.65. The molecule has 1 aromatic heterocycles.